The molecule has 0 spiro atoms. The normalized spacial score (nSPS) is 21.3. The van der Waals surface area contributed by atoms with E-state index in [1.54, 1.807) is 6.20 Å². The van der Waals surface area contributed by atoms with Crippen LogP contribution >= 0.6 is 0 Å². The first kappa shape index (κ1) is 21.5. The van der Waals surface area contributed by atoms with Crippen molar-refractivity contribution >= 4 is 27.6 Å². The average molecular weight is 481 g/mol. The highest BCUT2D eigenvalue weighted by Gasteiger charge is 2.36. The minimum atomic E-state index is -0.625. The summed E-state index contributed by atoms with van der Waals surface area (Å²) in [7, 11) is 0. The standard InChI is InChI=1S/C30H26F2N4/c31-21-14-23-24(16-33-28(23)25(32)15-21)30-35-27-13-20(18-4-2-1-3-5-18)10-11-22(27)29(36-30)34-26-12-17-6-8-19(26)9-7-17/h1-5,10-11,13-17,19,26,33H,6-9,12H2,(H,34,35,36). The second-order valence-corrected chi connectivity index (χ2v) is 10.3. The number of benzene rings is 3. The molecule has 6 heteroatoms. The van der Waals surface area contributed by atoms with Crippen LogP contribution in [0, 0.1) is 23.5 Å². The summed E-state index contributed by atoms with van der Waals surface area (Å²) in [6.07, 6.45) is 8.00. The summed E-state index contributed by atoms with van der Waals surface area (Å²) in [6, 6.07) is 19.1. The molecule has 0 radical (unpaired) electrons. The third-order valence-electron chi connectivity index (χ3n) is 8.12. The monoisotopic (exact) mass is 480 g/mol. The van der Waals surface area contributed by atoms with E-state index in [4.69, 9.17) is 9.97 Å². The largest absolute Gasteiger partial charge is 0.366 e. The van der Waals surface area contributed by atoms with E-state index in [-0.39, 0.29) is 5.52 Å². The molecular formula is C30H26F2N4. The Morgan fingerprint density at radius 2 is 1.67 bits per heavy atom. The minimum Gasteiger partial charge on any atom is -0.366 e. The van der Waals surface area contributed by atoms with E-state index in [2.05, 4.69) is 40.6 Å². The van der Waals surface area contributed by atoms with Crippen molar-refractivity contribution in [1.29, 1.82) is 0 Å². The smallest absolute Gasteiger partial charge is 0.164 e. The summed E-state index contributed by atoms with van der Waals surface area (Å²) in [5.74, 6) is 1.43. The molecule has 0 saturated heterocycles. The Kier molecular flexibility index (Phi) is 5.01. The van der Waals surface area contributed by atoms with Gasteiger partial charge in [0.2, 0.25) is 0 Å². The molecule has 180 valence electrons. The van der Waals surface area contributed by atoms with Gasteiger partial charge in [-0.1, -0.05) is 49.2 Å². The van der Waals surface area contributed by atoms with Crippen LogP contribution in [0.25, 0.3) is 44.3 Å². The van der Waals surface area contributed by atoms with E-state index < -0.39 is 11.6 Å². The number of halogens is 2. The highest BCUT2D eigenvalue weighted by Crippen LogP contribution is 2.43. The van der Waals surface area contributed by atoms with Crippen LogP contribution in [0.5, 0.6) is 0 Å². The minimum absolute atomic E-state index is 0.257. The van der Waals surface area contributed by atoms with Crippen molar-refractivity contribution in [3.05, 3.63) is 78.5 Å². The highest BCUT2D eigenvalue weighted by atomic mass is 19.1. The maximum atomic E-state index is 14.4. The van der Waals surface area contributed by atoms with Crippen LogP contribution in [0.4, 0.5) is 14.6 Å². The summed E-state index contributed by atoms with van der Waals surface area (Å²) in [5.41, 5.74) is 3.81. The van der Waals surface area contributed by atoms with Crippen LogP contribution in [0.15, 0.2) is 66.9 Å². The number of nitrogens with one attached hydrogen (secondary N) is 2. The summed E-state index contributed by atoms with van der Waals surface area (Å²) < 4.78 is 28.6. The third-order valence-corrected chi connectivity index (χ3v) is 8.12. The topological polar surface area (TPSA) is 53.6 Å². The molecule has 8 rings (SSSR count). The molecule has 1 atom stereocenters. The fourth-order valence-corrected chi connectivity index (χ4v) is 6.24. The average Bonchev–Trinajstić information content (AvgIpc) is 3.34. The first-order valence-corrected chi connectivity index (χ1v) is 12.7. The summed E-state index contributed by atoms with van der Waals surface area (Å²) in [5, 5.41) is 5.17. The molecule has 2 N–H and O–H groups in total. The number of fused-ring (bicyclic) bond motifs is 5. The molecule has 5 aromatic rings. The molecule has 3 aliphatic carbocycles. The van der Waals surface area contributed by atoms with Crippen LogP contribution < -0.4 is 5.32 Å². The van der Waals surface area contributed by atoms with Gasteiger partial charge in [0.1, 0.15) is 17.5 Å². The van der Waals surface area contributed by atoms with E-state index in [0.29, 0.717) is 28.7 Å². The van der Waals surface area contributed by atoms with Crippen molar-refractivity contribution in [1.82, 2.24) is 15.0 Å². The Hall–Kier alpha value is -3.80. The number of aromatic amines is 1. The molecule has 3 aliphatic rings. The zero-order valence-electron chi connectivity index (χ0n) is 19.8. The number of H-pyrrole nitrogens is 1. The lowest BCUT2D eigenvalue weighted by molar-refractivity contribution is 0.157. The SMILES string of the molecule is Fc1cc(F)c2[nH]cc(-c3nc(NC4CC5CCC4CC5)c4ccc(-c5ccccc5)cc4n3)c2c1. The first-order chi connectivity index (χ1) is 17.6. The van der Waals surface area contributed by atoms with Crippen molar-refractivity contribution in [3.63, 3.8) is 0 Å². The molecule has 0 amide bonds. The molecule has 2 bridgehead atoms. The second-order valence-electron chi connectivity index (χ2n) is 10.3. The molecule has 1 unspecified atom stereocenters. The summed E-state index contributed by atoms with van der Waals surface area (Å²) in [4.78, 5) is 12.8. The molecule has 3 saturated carbocycles. The lowest BCUT2D eigenvalue weighted by Crippen LogP contribution is -2.40. The molecule has 4 nitrogen and oxygen atoms in total. The quantitative estimate of drug-likeness (QED) is 0.277. The fraction of sp³-hybridized carbons (Fsp3) is 0.267. The predicted molar refractivity (Wildman–Crippen MR) is 140 cm³/mol. The van der Waals surface area contributed by atoms with Gasteiger partial charge < -0.3 is 10.3 Å². The number of rotatable bonds is 4. The lowest BCUT2D eigenvalue weighted by atomic mass is 9.68. The zero-order chi connectivity index (χ0) is 24.2. The number of aromatic nitrogens is 3. The Labute approximate surface area is 207 Å². The van der Waals surface area contributed by atoms with E-state index in [1.165, 1.54) is 31.7 Å². The summed E-state index contributed by atoms with van der Waals surface area (Å²) in [6.45, 7) is 0. The second kappa shape index (κ2) is 8.40. The van der Waals surface area contributed by atoms with Crippen LogP contribution in [-0.4, -0.2) is 21.0 Å². The van der Waals surface area contributed by atoms with Gasteiger partial charge in [-0.15, -0.1) is 0 Å². The maximum Gasteiger partial charge on any atom is 0.164 e. The van der Waals surface area contributed by atoms with E-state index in [1.807, 2.05) is 18.2 Å². The van der Waals surface area contributed by atoms with Crippen LogP contribution in [0.1, 0.15) is 32.1 Å². The predicted octanol–water partition coefficient (Wildman–Crippen LogP) is 7.71. The number of nitrogens with zero attached hydrogens (tertiary/aromatic N) is 2. The van der Waals surface area contributed by atoms with E-state index >= 15 is 0 Å². The van der Waals surface area contributed by atoms with E-state index in [9.17, 15) is 8.78 Å². The Balaban J connectivity index is 1.40. The van der Waals surface area contributed by atoms with Gasteiger partial charge in [-0.2, -0.15) is 0 Å². The van der Waals surface area contributed by atoms with Gasteiger partial charge in [0, 0.05) is 34.6 Å². The van der Waals surface area contributed by atoms with Gasteiger partial charge in [0.15, 0.2) is 5.82 Å². The lowest BCUT2D eigenvalue weighted by Gasteiger charge is -2.43. The van der Waals surface area contributed by atoms with Crippen molar-refractivity contribution in [3.8, 4) is 22.5 Å². The zero-order valence-corrected chi connectivity index (χ0v) is 19.8. The Morgan fingerprint density at radius 3 is 2.44 bits per heavy atom. The van der Waals surface area contributed by atoms with Crippen LogP contribution in [0.2, 0.25) is 0 Å². The molecule has 36 heavy (non-hydrogen) atoms. The van der Waals surface area contributed by atoms with Crippen molar-refractivity contribution in [2.75, 3.05) is 5.32 Å². The van der Waals surface area contributed by atoms with Gasteiger partial charge in [0.25, 0.3) is 0 Å². The maximum absolute atomic E-state index is 14.4. The van der Waals surface area contributed by atoms with Gasteiger partial charge in [-0.3, -0.25) is 0 Å². The van der Waals surface area contributed by atoms with Gasteiger partial charge in [-0.25, -0.2) is 18.7 Å². The van der Waals surface area contributed by atoms with Crippen molar-refractivity contribution < 1.29 is 8.78 Å². The Morgan fingerprint density at radius 1 is 0.833 bits per heavy atom. The molecule has 2 heterocycles. The molecular weight excluding hydrogens is 454 g/mol. The molecule has 3 aromatic carbocycles. The molecule has 3 fully saturated rings. The number of hydrogen-bond donors (Lipinski definition) is 2. The fourth-order valence-electron chi connectivity index (χ4n) is 6.24. The van der Waals surface area contributed by atoms with Crippen molar-refractivity contribution in [2.24, 2.45) is 11.8 Å². The highest BCUT2D eigenvalue weighted by molar-refractivity contribution is 5.98. The number of anilines is 1. The number of hydrogen-bond acceptors (Lipinski definition) is 3. The van der Waals surface area contributed by atoms with Gasteiger partial charge in [0.05, 0.1) is 11.0 Å². The Bertz CT molecular complexity index is 1590. The molecule has 0 aliphatic heterocycles. The molecule has 2 aromatic heterocycles. The third kappa shape index (κ3) is 3.63. The van der Waals surface area contributed by atoms with E-state index in [0.717, 1.165) is 46.3 Å². The van der Waals surface area contributed by atoms with Crippen LogP contribution in [0.3, 0.4) is 0 Å². The first-order valence-electron chi connectivity index (χ1n) is 12.7. The van der Waals surface area contributed by atoms with Gasteiger partial charge in [-0.05, 0) is 60.4 Å². The summed E-state index contributed by atoms with van der Waals surface area (Å²) >= 11 is 0. The van der Waals surface area contributed by atoms with Crippen LogP contribution in [-0.2, 0) is 0 Å². The van der Waals surface area contributed by atoms with Gasteiger partial charge >= 0.3 is 0 Å². The van der Waals surface area contributed by atoms with Crippen molar-refractivity contribution in [2.45, 2.75) is 38.1 Å².